The number of nitrogens with zero attached hydrogens (tertiary/aromatic N) is 1. The molecule has 1 saturated heterocycles. The van der Waals surface area contributed by atoms with E-state index < -0.39 is 53.8 Å². The molecule has 7 nitrogen and oxygen atoms in total. The van der Waals surface area contributed by atoms with Crippen LogP contribution in [0.2, 0.25) is 5.02 Å². The summed E-state index contributed by atoms with van der Waals surface area (Å²) in [5, 5.41) is 37.2. The Hall–Kier alpha value is -2.15. The monoisotopic (exact) mass is 489 g/mol. The first kappa shape index (κ1) is 24.5. The lowest BCUT2D eigenvalue weighted by molar-refractivity contribution is -0.164. The first-order valence-electron chi connectivity index (χ1n) is 9.28. The normalized spacial score (nSPS) is 26.1. The Morgan fingerprint density at radius 2 is 1.78 bits per heavy atom. The van der Waals surface area contributed by atoms with Crippen LogP contribution in [0, 0.1) is 23.0 Å². The first-order valence-corrected chi connectivity index (χ1v) is 10.5. The molecule has 1 fully saturated rings. The second-order valence-corrected chi connectivity index (χ2v) is 8.47. The molecule has 5 atom stereocenters. The number of aliphatic hydroxyl groups is 3. The third kappa shape index (κ3) is 5.42. The van der Waals surface area contributed by atoms with Gasteiger partial charge in [-0.25, -0.2) is 18.7 Å². The van der Waals surface area contributed by atoms with Crippen molar-refractivity contribution in [2.24, 2.45) is 5.11 Å². The minimum Gasteiger partial charge on any atom is -0.394 e. The van der Waals surface area contributed by atoms with Gasteiger partial charge in [-0.05, 0) is 36.4 Å². The Labute approximate surface area is 190 Å². The van der Waals surface area contributed by atoms with Crippen molar-refractivity contribution in [3.05, 3.63) is 70.6 Å². The Kier molecular flexibility index (Phi) is 8.15. The zero-order chi connectivity index (χ0) is 23.4. The maximum absolute atomic E-state index is 13.5. The van der Waals surface area contributed by atoms with Crippen LogP contribution in [0.25, 0.3) is 5.70 Å². The molecule has 2 aromatic carbocycles. The van der Waals surface area contributed by atoms with Gasteiger partial charge in [-0.1, -0.05) is 23.4 Å². The first-order chi connectivity index (χ1) is 15.2. The second kappa shape index (κ2) is 10.6. The zero-order valence-electron chi connectivity index (χ0n) is 16.3. The average Bonchev–Trinajstić information content (AvgIpc) is 2.77. The van der Waals surface area contributed by atoms with E-state index in [1.54, 1.807) is 24.3 Å². The van der Waals surface area contributed by atoms with E-state index >= 15 is 0 Å². The summed E-state index contributed by atoms with van der Waals surface area (Å²) in [6.45, 7) is -0.544. The molecule has 5 N–H and O–H groups in total. The SMILES string of the molecule is N=N/C(=C\NC1C(O)[C@@H](Sc2ccc(Cl)cc2)OC(CO)[C@@H]1O)c1cc(F)c(F)c(F)c1. The van der Waals surface area contributed by atoms with Crippen molar-refractivity contribution >= 4 is 29.1 Å². The van der Waals surface area contributed by atoms with Crippen molar-refractivity contribution in [3.63, 3.8) is 0 Å². The molecule has 1 aliphatic heterocycles. The highest BCUT2D eigenvalue weighted by Crippen LogP contribution is 2.34. The molecule has 0 aromatic heterocycles. The van der Waals surface area contributed by atoms with Gasteiger partial charge in [-0.2, -0.15) is 5.11 Å². The summed E-state index contributed by atoms with van der Waals surface area (Å²) in [6, 6.07) is 6.95. The summed E-state index contributed by atoms with van der Waals surface area (Å²) >= 11 is 7.00. The van der Waals surface area contributed by atoms with Crippen molar-refractivity contribution in [1.29, 1.82) is 5.53 Å². The van der Waals surface area contributed by atoms with E-state index in [0.717, 1.165) is 18.0 Å². The smallest absolute Gasteiger partial charge is 0.194 e. The van der Waals surface area contributed by atoms with Crippen molar-refractivity contribution < 1.29 is 33.2 Å². The van der Waals surface area contributed by atoms with Crippen LogP contribution >= 0.6 is 23.4 Å². The van der Waals surface area contributed by atoms with Gasteiger partial charge in [0.2, 0.25) is 0 Å². The molecule has 1 heterocycles. The van der Waals surface area contributed by atoms with Crippen molar-refractivity contribution in [1.82, 2.24) is 5.32 Å². The quantitative estimate of drug-likeness (QED) is 0.301. The Morgan fingerprint density at radius 3 is 2.34 bits per heavy atom. The van der Waals surface area contributed by atoms with Crippen LogP contribution in [0.3, 0.4) is 0 Å². The third-order valence-electron chi connectivity index (χ3n) is 4.76. The number of aliphatic hydroxyl groups excluding tert-OH is 3. The van der Waals surface area contributed by atoms with Gasteiger partial charge in [0.15, 0.2) is 17.5 Å². The van der Waals surface area contributed by atoms with Crippen LogP contribution in [0.1, 0.15) is 5.56 Å². The minimum absolute atomic E-state index is 0.231. The Balaban J connectivity index is 1.83. The lowest BCUT2D eigenvalue weighted by atomic mass is 9.97. The third-order valence-corrected chi connectivity index (χ3v) is 6.18. The van der Waals surface area contributed by atoms with E-state index in [1.165, 1.54) is 0 Å². The van der Waals surface area contributed by atoms with Gasteiger partial charge in [0.05, 0.1) is 12.6 Å². The fraction of sp³-hybridized carbons (Fsp3) is 0.300. The highest BCUT2D eigenvalue weighted by Gasteiger charge is 2.44. The molecule has 1 aliphatic rings. The van der Waals surface area contributed by atoms with Crippen LogP contribution < -0.4 is 5.32 Å². The summed E-state index contributed by atoms with van der Waals surface area (Å²) in [5.74, 6) is -4.57. The van der Waals surface area contributed by atoms with E-state index in [9.17, 15) is 28.5 Å². The van der Waals surface area contributed by atoms with Crippen molar-refractivity contribution in [3.8, 4) is 0 Å². The minimum atomic E-state index is -1.66. The van der Waals surface area contributed by atoms with E-state index in [1.807, 2.05) is 0 Å². The Morgan fingerprint density at radius 1 is 1.16 bits per heavy atom. The molecule has 32 heavy (non-hydrogen) atoms. The van der Waals surface area contributed by atoms with Gasteiger partial charge in [-0.15, -0.1) is 0 Å². The number of nitrogens with one attached hydrogen (secondary N) is 2. The average molecular weight is 490 g/mol. The topological polar surface area (TPSA) is 118 Å². The molecule has 3 rings (SSSR count). The van der Waals surface area contributed by atoms with E-state index in [-0.39, 0.29) is 11.3 Å². The Bertz CT molecular complexity index is 976. The van der Waals surface area contributed by atoms with E-state index in [2.05, 4.69) is 10.4 Å². The van der Waals surface area contributed by atoms with E-state index in [4.69, 9.17) is 21.9 Å². The predicted molar refractivity (Wildman–Crippen MR) is 111 cm³/mol. The molecular weight excluding hydrogens is 471 g/mol. The van der Waals surface area contributed by atoms with Gasteiger partial charge < -0.3 is 25.4 Å². The summed E-state index contributed by atoms with van der Waals surface area (Å²) in [6.07, 6.45) is -2.67. The van der Waals surface area contributed by atoms with Gasteiger partial charge in [0.1, 0.15) is 29.4 Å². The highest BCUT2D eigenvalue weighted by molar-refractivity contribution is 7.99. The number of ether oxygens (including phenoxy) is 1. The fourth-order valence-electron chi connectivity index (χ4n) is 3.09. The number of hydrogen-bond donors (Lipinski definition) is 5. The molecule has 0 aliphatic carbocycles. The standard InChI is InChI=1S/C20H19ClF3N3O4S/c21-10-1-3-11(4-2-10)32-20-19(30)17(18(29)15(8-28)31-20)26-7-14(27-25)9-5-12(22)16(24)13(23)6-9/h1-7,15,17-20,25-26,28-30H,8H2/b14-7-,27-25?/t15?,17?,18-,19?,20+/m0/s1. The number of halogens is 4. The summed E-state index contributed by atoms with van der Waals surface area (Å²) in [5.41, 5.74) is 5.85. The van der Waals surface area contributed by atoms with Gasteiger partial charge in [0.25, 0.3) is 0 Å². The van der Waals surface area contributed by atoms with Crippen molar-refractivity contribution in [2.45, 2.75) is 34.7 Å². The van der Waals surface area contributed by atoms with Gasteiger partial charge >= 0.3 is 0 Å². The zero-order valence-corrected chi connectivity index (χ0v) is 17.8. The number of rotatable bonds is 7. The summed E-state index contributed by atoms with van der Waals surface area (Å²) in [7, 11) is 0. The lowest BCUT2D eigenvalue weighted by Crippen LogP contribution is -2.61. The number of benzene rings is 2. The molecular formula is C20H19ClF3N3O4S. The molecule has 0 spiro atoms. The molecule has 2 aromatic rings. The summed E-state index contributed by atoms with van der Waals surface area (Å²) in [4.78, 5) is 0.708. The molecule has 3 unspecified atom stereocenters. The van der Waals surface area contributed by atoms with Crippen molar-refractivity contribution in [2.75, 3.05) is 6.61 Å². The molecule has 0 radical (unpaired) electrons. The molecule has 0 bridgehead atoms. The predicted octanol–water partition coefficient (Wildman–Crippen LogP) is 3.28. The van der Waals surface area contributed by atoms with Crippen LogP contribution in [-0.2, 0) is 4.74 Å². The molecule has 12 heteroatoms. The maximum Gasteiger partial charge on any atom is 0.194 e. The van der Waals surface area contributed by atoms with Gasteiger partial charge in [0, 0.05) is 21.7 Å². The van der Waals surface area contributed by atoms with Crippen LogP contribution in [0.15, 0.2) is 52.6 Å². The van der Waals surface area contributed by atoms with E-state index in [0.29, 0.717) is 22.1 Å². The molecule has 0 amide bonds. The number of thioether (sulfide) groups is 1. The largest absolute Gasteiger partial charge is 0.394 e. The van der Waals surface area contributed by atoms with Gasteiger partial charge in [-0.3, -0.25) is 0 Å². The van der Waals surface area contributed by atoms with Crippen LogP contribution in [0.4, 0.5) is 13.2 Å². The lowest BCUT2D eigenvalue weighted by Gasteiger charge is -2.42. The highest BCUT2D eigenvalue weighted by atomic mass is 35.5. The number of hydrogen-bond acceptors (Lipinski definition) is 8. The molecule has 0 saturated carbocycles. The fourth-order valence-corrected chi connectivity index (χ4v) is 4.28. The maximum atomic E-state index is 13.5. The van der Waals surface area contributed by atoms with Crippen LogP contribution in [0.5, 0.6) is 0 Å². The second-order valence-electron chi connectivity index (χ2n) is 6.87. The summed E-state index contributed by atoms with van der Waals surface area (Å²) < 4.78 is 45.9. The van der Waals surface area contributed by atoms with Crippen LogP contribution in [-0.4, -0.2) is 51.7 Å². The molecule has 172 valence electrons.